The fourth-order valence-corrected chi connectivity index (χ4v) is 2.76. The van der Waals surface area contributed by atoms with Gasteiger partial charge in [-0.1, -0.05) is 26.7 Å². The molecule has 1 aliphatic rings. The molecule has 106 valence electrons. The second-order valence-corrected chi connectivity index (χ2v) is 6.15. The summed E-state index contributed by atoms with van der Waals surface area (Å²) in [5.74, 6) is 0.870. The lowest BCUT2D eigenvalue weighted by Crippen LogP contribution is -2.45. The summed E-state index contributed by atoms with van der Waals surface area (Å²) in [6.07, 6.45) is 8.39. The highest BCUT2D eigenvalue weighted by atomic mass is 16.1. The molecule has 1 saturated carbocycles. The average Bonchev–Trinajstić information content (AvgIpc) is 2.36. The van der Waals surface area contributed by atoms with E-state index in [0.29, 0.717) is 18.4 Å². The Labute approximate surface area is 112 Å². The van der Waals surface area contributed by atoms with Crippen LogP contribution in [0.2, 0.25) is 0 Å². The minimum atomic E-state index is -0.0277. The number of hydrogen-bond donors (Lipinski definition) is 2. The van der Waals surface area contributed by atoms with E-state index >= 15 is 0 Å². The Kier molecular flexibility index (Phi) is 6.13. The highest BCUT2D eigenvalue weighted by molar-refractivity contribution is 5.76. The monoisotopic (exact) mass is 254 g/mol. The summed E-state index contributed by atoms with van der Waals surface area (Å²) < 4.78 is 0. The van der Waals surface area contributed by atoms with Crippen molar-refractivity contribution in [2.75, 3.05) is 0 Å². The zero-order valence-corrected chi connectivity index (χ0v) is 12.3. The molecule has 1 rings (SSSR count). The SMILES string of the molecule is CCC(C)(CC)NC(=O)CCC1CCCC(N)C1. The zero-order valence-electron chi connectivity index (χ0n) is 12.3. The molecule has 0 saturated heterocycles. The van der Waals surface area contributed by atoms with Crippen LogP contribution in [0.3, 0.4) is 0 Å². The third-order valence-corrected chi connectivity index (χ3v) is 4.60. The van der Waals surface area contributed by atoms with Crippen molar-refractivity contribution < 1.29 is 4.79 Å². The van der Waals surface area contributed by atoms with Crippen molar-refractivity contribution in [3.63, 3.8) is 0 Å². The van der Waals surface area contributed by atoms with Gasteiger partial charge in [0.2, 0.25) is 5.91 Å². The molecule has 1 amide bonds. The summed E-state index contributed by atoms with van der Waals surface area (Å²) >= 11 is 0. The summed E-state index contributed by atoms with van der Waals surface area (Å²) in [5, 5.41) is 3.17. The fraction of sp³-hybridized carbons (Fsp3) is 0.933. The van der Waals surface area contributed by atoms with E-state index in [1.54, 1.807) is 0 Å². The first-order valence-electron chi connectivity index (χ1n) is 7.55. The second kappa shape index (κ2) is 7.13. The Morgan fingerprint density at radius 1 is 1.33 bits per heavy atom. The number of rotatable bonds is 6. The molecule has 0 spiro atoms. The molecule has 2 atom stereocenters. The van der Waals surface area contributed by atoms with Gasteiger partial charge in [0.15, 0.2) is 0 Å². The van der Waals surface area contributed by atoms with Crippen LogP contribution in [-0.2, 0) is 4.79 Å². The topological polar surface area (TPSA) is 55.1 Å². The molecule has 0 radical (unpaired) electrons. The van der Waals surface area contributed by atoms with Gasteiger partial charge >= 0.3 is 0 Å². The average molecular weight is 254 g/mol. The smallest absolute Gasteiger partial charge is 0.220 e. The molecule has 0 aromatic heterocycles. The lowest BCUT2D eigenvalue weighted by Gasteiger charge is -2.29. The van der Waals surface area contributed by atoms with Gasteiger partial charge in [0, 0.05) is 18.0 Å². The molecule has 0 aromatic carbocycles. The van der Waals surface area contributed by atoms with Gasteiger partial charge in [-0.05, 0) is 44.9 Å². The minimum Gasteiger partial charge on any atom is -0.351 e. The van der Waals surface area contributed by atoms with Gasteiger partial charge in [0.25, 0.3) is 0 Å². The molecule has 0 bridgehead atoms. The lowest BCUT2D eigenvalue weighted by molar-refractivity contribution is -0.123. The number of nitrogens with two attached hydrogens (primary N) is 1. The van der Waals surface area contributed by atoms with Gasteiger partial charge in [-0.25, -0.2) is 0 Å². The predicted molar refractivity (Wildman–Crippen MR) is 76.3 cm³/mol. The number of nitrogens with one attached hydrogen (secondary N) is 1. The summed E-state index contributed by atoms with van der Waals surface area (Å²) in [5.41, 5.74) is 5.95. The molecule has 0 heterocycles. The first-order chi connectivity index (χ1) is 8.49. The van der Waals surface area contributed by atoms with E-state index in [9.17, 15) is 4.79 Å². The van der Waals surface area contributed by atoms with Crippen LogP contribution < -0.4 is 11.1 Å². The van der Waals surface area contributed by atoms with E-state index in [0.717, 1.165) is 32.1 Å². The van der Waals surface area contributed by atoms with Crippen molar-refractivity contribution in [1.82, 2.24) is 5.32 Å². The Morgan fingerprint density at radius 2 is 2.00 bits per heavy atom. The van der Waals surface area contributed by atoms with Crippen LogP contribution in [0, 0.1) is 5.92 Å². The number of hydrogen-bond acceptors (Lipinski definition) is 2. The van der Waals surface area contributed by atoms with E-state index in [2.05, 4.69) is 26.1 Å². The maximum atomic E-state index is 12.0. The Hall–Kier alpha value is -0.570. The van der Waals surface area contributed by atoms with Gasteiger partial charge in [0.05, 0.1) is 0 Å². The predicted octanol–water partition coefficient (Wildman–Crippen LogP) is 2.98. The summed E-state index contributed by atoms with van der Waals surface area (Å²) in [6, 6.07) is 0.364. The molecule has 1 aliphatic carbocycles. The van der Waals surface area contributed by atoms with E-state index in [1.807, 2.05) is 0 Å². The van der Waals surface area contributed by atoms with Gasteiger partial charge in [0.1, 0.15) is 0 Å². The van der Waals surface area contributed by atoms with Crippen molar-refractivity contribution in [2.24, 2.45) is 11.7 Å². The van der Waals surface area contributed by atoms with Crippen molar-refractivity contribution in [2.45, 2.75) is 83.7 Å². The van der Waals surface area contributed by atoms with Crippen LogP contribution >= 0.6 is 0 Å². The molecule has 0 aromatic rings. The first-order valence-corrected chi connectivity index (χ1v) is 7.55. The van der Waals surface area contributed by atoms with Crippen molar-refractivity contribution in [3.8, 4) is 0 Å². The van der Waals surface area contributed by atoms with Crippen LogP contribution in [0.1, 0.15) is 72.1 Å². The molecule has 3 N–H and O–H groups in total. The molecule has 3 heteroatoms. The van der Waals surface area contributed by atoms with Crippen LogP contribution in [-0.4, -0.2) is 17.5 Å². The maximum absolute atomic E-state index is 12.0. The van der Waals surface area contributed by atoms with Gasteiger partial charge in [-0.3, -0.25) is 4.79 Å². The van der Waals surface area contributed by atoms with Crippen molar-refractivity contribution in [3.05, 3.63) is 0 Å². The zero-order chi connectivity index (χ0) is 13.6. The maximum Gasteiger partial charge on any atom is 0.220 e. The molecule has 0 aliphatic heterocycles. The number of carbonyl (C=O) groups is 1. The lowest BCUT2D eigenvalue weighted by atomic mass is 9.83. The summed E-state index contributed by atoms with van der Waals surface area (Å²) in [7, 11) is 0. The third kappa shape index (κ3) is 4.97. The van der Waals surface area contributed by atoms with Crippen molar-refractivity contribution in [1.29, 1.82) is 0 Å². The van der Waals surface area contributed by atoms with Crippen LogP contribution in [0.15, 0.2) is 0 Å². The Balaban J connectivity index is 2.28. The van der Waals surface area contributed by atoms with E-state index in [4.69, 9.17) is 5.73 Å². The molecule has 1 fully saturated rings. The van der Waals surface area contributed by atoms with Gasteiger partial charge in [-0.2, -0.15) is 0 Å². The highest BCUT2D eigenvalue weighted by Crippen LogP contribution is 2.27. The third-order valence-electron chi connectivity index (χ3n) is 4.60. The number of amides is 1. The van der Waals surface area contributed by atoms with Gasteiger partial charge in [-0.15, -0.1) is 0 Å². The quantitative estimate of drug-likeness (QED) is 0.765. The number of carbonyl (C=O) groups excluding carboxylic acids is 1. The molecular formula is C15H30N2O. The molecule has 2 unspecified atom stereocenters. The van der Waals surface area contributed by atoms with Crippen LogP contribution in [0.25, 0.3) is 0 Å². The van der Waals surface area contributed by atoms with Gasteiger partial charge < -0.3 is 11.1 Å². The molecular weight excluding hydrogens is 224 g/mol. The molecule has 18 heavy (non-hydrogen) atoms. The fourth-order valence-electron chi connectivity index (χ4n) is 2.76. The summed E-state index contributed by atoms with van der Waals surface area (Å²) in [4.78, 5) is 12.0. The minimum absolute atomic E-state index is 0.0277. The Bertz CT molecular complexity index is 261. The highest BCUT2D eigenvalue weighted by Gasteiger charge is 2.23. The van der Waals surface area contributed by atoms with Crippen LogP contribution in [0.4, 0.5) is 0 Å². The second-order valence-electron chi connectivity index (χ2n) is 6.15. The normalized spacial score (nSPS) is 24.9. The Morgan fingerprint density at radius 3 is 2.56 bits per heavy atom. The summed E-state index contributed by atoms with van der Waals surface area (Å²) in [6.45, 7) is 6.38. The first kappa shape index (κ1) is 15.5. The van der Waals surface area contributed by atoms with E-state index in [1.165, 1.54) is 12.8 Å². The molecule has 3 nitrogen and oxygen atoms in total. The standard InChI is InChI=1S/C15H30N2O/c1-4-15(3,5-2)17-14(18)10-9-12-7-6-8-13(16)11-12/h12-13H,4-11,16H2,1-3H3,(H,17,18). The van der Waals surface area contributed by atoms with Crippen LogP contribution in [0.5, 0.6) is 0 Å². The van der Waals surface area contributed by atoms with E-state index in [-0.39, 0.29) is 11.4 Å². The van der Waals surface area contributed by atoms with Crippen molar-refractivity contribution >= 4 is 5.91 Å². The largest absolute Gasteiger partial charge is 0.351 e. The van der Waals surface area contributed by atoms with E-state index < -0.39 is 0 Å².